The van der Waals surface area contributed by atoms with Gasteiger partial charge in [0.25, 0.3) is 0 Å². The van der Waals surface area contributed by atoms with E-state index in [2.05, 4.69) is 38.0 Å². The second kappa shape index (κ2) is 8.08. The lowest BCUT2D eigenvalue weighted by Crippen LogP contribution is -2.57. The van der Waals surface area contributed by atoms with E-state index in [0.717, 1.165) is 11.3 Å². The molecule has 98 valence electrons. The van der Waals surface area contributed by atoms with Crippen LogP contribution in [0, 0.1) is 11.3 Å². The molecular weight excluding hydrogens is 196 g/mol. The number of piperidine rings is 1. The molecule has 2 aliphatic heterocycles. The molecule has 0 aromatic carbocycles. The van der Waals surface area contributed by atoms with E-state index >= 15 is 0 Å². The quantitative estimate of drug-likeness (QED) is 0.686. The van der Waals surface area contributed by atoms with Gasteiger partial charge in [0.15, 0.2) is 0 Å². The maximum atomic E-state index is 3.37. The minimum Gasteiger partial charge on any atom is -0.316 e. The lowest BCUT2D eigenvalue weighted by atomic mass is 9.74. The van der Waals surface area contributed by atoms with Crippen LogP contribution >= 0.6 is 0 Å². The van der Waals surface area contributed by atoms with Gasteiger partial charge in [-0.3, -0.25) is 0 Å². The number of nitrogens with one attached hydrogen (secondary N) is 1. The highest BCUT2D eigenvalue weighted by molar-refractivity contribution is 4.95. The molecule has 2 fully saturated rings. The molecule has 2 heterocycles. The molecule has 2 nitrogen and oxygen atoms in total. The molecule has 0 amide bonds. The molecule has 0 saturated carbocycles. The second-order valence-electron chi connectivity index (χ2n) is 5.64. The van der Waals surface area contributed by atoms with Gasteiger partial charge in [0, 0.05) is 13.1 Å². The van der Waals surface area contributed by atoms with Crippen LogP contribution in [0.15, 0.2) is 0 Å². The van der Waals surface area contributed by atoms with Crippen molar-refractivity contribution in [2.45, 2.75) is 47.5 Å². The zero-order valence-corrected chi connectivity index (χ0v) is 12.3. The van der Waals surface area contributed by atoms with Gasteiger partial charge in [-0.05, 0) is 44.3 Å². The Bertz CT molecular complexity index is 149. The van der Waals surface area contributed by atoms with E-state index in [1.165, 1.54) is 39.0 Å². The third-order valence-corrected chi connectivity index (χ3v) is 3.05. The van der Waals surface area contributed by atoms with E-state index in [4.69, 9.17) is 0 Å². The molecule has 1 spiro atoms. The van der Waals surface area contributed by atoms with Crippen LogP contribution in [0.4, 0.5) is 0 Å². The van der Waals surface area contributed by atoms with Crippen molar-refractivity contribution in [3.63, 3.8) is 0 Å². The van der Waals surface area contributed by atoms with Gasteiger partial charge in [0.1, 0.15) is 0 Å². The average Bonchev–Trinajstić information content (AvgIpc) is 2.19. The first-order valence-electron chi connectivity index (χ1n) is 6.93. The fourth-order valence-corrected chi connectivity index (χ4v) is 1.92. The minimum atomic E-state index is 0.729. The lowest BCUT2D eigenvalue weighted by Gasteiger charge is -2.47. The Kier molecular flexibility index (Phi) is 8.04. The first-order valence-corrected chi connectivity index (χ1v) is 6.93. The average molecular weight is 228 g/mol. The summed E-state index contributed by atoms with van der Waals surface area (Å²) in [4.78, 5) is 2.43. The van der Waals surface area contributed by atoms with Crippen molar-refractivity contribution in [3.05, 3.63) is 0 Å². The monoisotopic (exact) mass is 228 g/mol. The van der Waals surface area contributed by atoms with E-state index < -0.39 is 0 Å². The molecule has 16 heavy (non-hydrogen) atoms. The largest absolute Gasteiger partial charge is 0.316 e. The number of hydrogen-bond acceptors (Lipinski definition) is 2. The topological polar surface area (TPSA) is 15.3 Å². The van der Waals surface area contributed by atoms with Crippen LogP contribution in [0.2, 0.25) is 0 Å². The maximum Gasteiger partial charge on any atom is 0.00212 e. The molecule has 0 atom stereocenters. The number of likely N-dealkylation sites (tertiary alicyclic amines) is 1. The Morgan fingerprint density at radius 1 is 1.00 bits per heavy atom. The van der Waals surface area contributed by atoms with Crippen LogP contribution in [0.1, 0.15) is 47.5 Å². The Balaban J connectivity index is 0.000000323. The highest BCUT2D eigenvalue weighted by atomic mass is 15.1. The predicted octanol–water partition coefficient (Wildman–Crippen LogP) is 2.99. The van der Waals surface area contributed by atoms with Crippen molar-refractivity contribution in [2.24, 2.45) is 11.3 Å². The summed E-state index contributed by atoms with van der Waals surface area (Å²) < 4.78 is 0. The van der Waals surface area contributed by atoms with Gasteiger partial charge in [0.05, 0.1) is 0 Å². The molecule has 1 N–H and O–H groups in total. The third-order valence-electron chi connectivity index (χ3n) is 3.05. The summed E-state index contributed by atoms with van der Waals surface area (Å²) in [5, 5.41) is 3.37. The van der Waals surface area contributed by atoms with Crippen molar-refractivity contribution < 1.29 is 0 Å². The fraction of sp³-hybridized carbons (Fsp3) is 1.00. The number of hydrogen-bond donors (Lipinski definition) is 1. The molecular formula is C14H32N2. The molecule has 0 aliphatic carbocycles. The summed E-state index contributed by atoms with van der Waals surface area (Å²) in [6.45, 7) is 15.7. The fourth-order valence-electron chi connectivity index (χ4n) is 1.92. The van der Waals surface area contributed by atoms with E-state index in [0.29, 0.717) is 0 Å². The Labute approximate surface area is 103 Å². The third kappa shape index (κ3) is 5.86. The van der Waals surface area contributed by atoms with Crippen LogP contribution in [0.5, 0.6) is 0 Å². The zero-order chi connectivity index (χ0) is 12.6. The smallest absolute Gasteiger partial charge is 0.00212 e. The summed E-state index contributed by atoms with van der Waals surface area (Å²) in [7, 11) is 2.22. The van der Waals surface area contributed by atoms with Gasteiger partial charge in [-0.15, -0.1) is 0 Å². The SMILES string of the molecule is CC.CC(C)C.CN1CCC2(CC1)CNC2. The van der Waals surface area contributed by atoms with Gasteiger partial charge in [-0.1, -0.05) is 34.6 Å². The molecule has 2 rings (SSSR count). The van der Waals surface area contributed by atoms with Crippen molar-refractivity contribution in [1.82, 2.24) is 10.2 Å². The molecule has 2 aliphatic rings. The highest BCUT2D eigenvalue weighted by Gasteiger charge is 2.38. The highest BCUT2D eigenvalue weighted by Crippen LogP contribution is 2.34. The van der Waals surface area contributed by atoms with Crippen molar-refractivity contribution in [2.75, 3.05) is 33.2 Å². The van der Waals surface area contributed by atoms with Gasteiger partial charge in [-0.2, -0.15) is 0 Å². The van der Waals surface area contributed by atoms with Crippen LogP contribution in [0.25, 0.3) is 0 Å². The minimum absolute atomic E-state index is 0.729. The molecule has 2 saturated heterocycles. The van der Waals surface area contributed by atoms with Crippen LogP contribution < -0.4 is 5.32 Å². The van der Waals surface area contributed by atoms with Crippen LogP contribution in [-0.2, 0) is 0 Å². The number of rotatable bonds is 0. The molecule has 0 bridgehead atoms. The number of nitrogens with zero attached hydrogens (tertiary/aromatic N) is 1. The maximum absolute atomic E-state index is 3.37. The standard InChI is InChI=1S/C8H16N2.C4H10.C2H6/c1-10-4-2-8(3-5-10)6-9-7-8;1-4(2)3;1-2/h9H,2-7H2,1H3;4H,1-3H3;1-2H3. The van der Waals surface area contributed by atoms with E-state index in [1.807, 2.05) is 13.8 Å². The summed E-state index contributed by atoms with van der Waals surface area (Å²) in [5.41, 5.74) is 0.729. The van der Waals surface area contributed by atoms with Crippen LogP contribution in [-0.4, -0.2) is 38.1 Å². The van der Waals surface area contributed by atoms with Gasteiger partial charge >= 0.3 is 0 Å². The molecule has 2 heteroatoms. The van der Waals surface area contributed by atoms with Gasteiger partial charge < -0.3 is 10.2 Å². The Morgan fingerprint density at radius 2 is 1.38 bits per heavy atom. The Hall–Kier alpha value is -0.0800. The first kappa shape index (κ1) is 15.9. The first-order chi connectivity index (χ1) is 7.54. The summed E-state index contributed by atoms with van der Waals surface area (Å²) in [5.74, 6) is 0.833. The predicted molar refractivity (Wildman–Crippen MR) is 73.9 cm³/mol. The molecule has 0 radical (unpaired) electrons. The van der Waals surface area contributed by atoms with E-state index in [-0.39, 0.29) is 0 Å². The van der Waals surface area contributed by atoms with Gasteiger partial charge in [0.2, 0.25) is 0 Å². The van der Waals surface area contributed by atoms with E-state index in [1.54, 1.807) is 0 Å². The Morgan fingerprint density at radius 3 is 1.62 bits per heavy atom. The summed E-state index contributed by atoms with van der Waals surface area (Å²) in [6.07, 6.45) is 2.83. The second-order valence-corrected chi connectivity index (χ2v) is 5.64. The normalized spacial score (nSPS) is 22.7. The summed E-state index contributed by atoms with van der Waals surface area (Å²) in [6, 6.07) is 0. The van der Waals surface area contributed by atoms with Crippen molar-refractivity contribution in [1.29, 1.82) is 0 Å². The lowest BCUT2D eigenvalue weighted by molar-refractivity contribution is 0.0671. The zero-order valence-electron chi connectivity index (χ0n) is 12.3. The van der Waals surface area contributed by atoms with Crippen molar-refractivity contribution >= 4 is 0 Å². The van der Waals surface area contributed by atoms with E-state index in [9.17, 15) is 0 Å². The summed E-state index contributed by atoms with van der Waals surface area (Å²) >= 11 is 0. The molecule has 0 aromatic heterocycles. The van der Waals surface area contributed by atoms with Crippen molar-refractivity contribution in [3.8, 4) is 0 Å². The van der Waals surface area contributed by atoms with Gasteiger partial charge in [-0.25, -0.2) is 0 Å². The molecule has 0 aromatic rings. The molecule has 0 unspecified atom stereocenters. The van der Waals surface area contributed by atoms with Crippen LogP contribution in [0.3, 0.4) is 0 Å².